The van der Waals surface area contributed by atoms with Crippen LogP contribution in [0.5, 0.6) is 0 Å². The fourth-order valence-corrected chi connectivity index (χ4v) is 2.37. The molecule has 3 heteroatoms. The molecule has 0 radical (unpaired) electrons. The van der Waals surface area contributed by atoms with Crippen molar-refractivity contribution in [1.82, 2.24) is 0 Å². The minimum Gasteiger partial charge on any atom is -0.388 e. The number of aryl methyl sites for hydroxylation is 2. The topological polar surface area (TPSA) is 53.1 Å². The van der Waals surface area contributed by atoms with E-state index in [4.69, 9.17) is 11.1 Å². The summed E-state index contributed by atoms with van der Waals surface area (Å²) in [4.78, 5) is 2.28. The summed E-state index contributed by atoms with van der Waals surface area (Å²) in [7, 11) is 0. The molecule has 3 N–H and O–H groups in total. The molecule has 2 aromatic rings. The summed E-state index contributed by atoms with van der Waals surface area (Å²) in [6, 6.07) is 16.8. The minimum absolute atomic E-state index is 0.233. The zero-order valence-electron chi connectivity index (χ0n) is 12.8. The molecule has 0 aromatic heterocycles. The summed E-state index contributed by atoms with van der Waals surface area (Å²) >= 11 is 0. The molecule has 0 heterocycles. The molecule has 0 spiro atoms. The van der Waals surface area contributed by atoms with Crippen molar-refractivity contribution < 1.29 is 0 Å². The van der Waals surface area contributed by atoms with Gasteiger partial charge in [0.1, 0.15) is 0 Å². The second-order valence-corrected chi connectivity index (χ2v) is 5.46. The molecular formula is C18H23N3. The van der Waals surface area contributed by atoms with Gasteiger partial charge in [0.25, 0.3) is 0 Å². The van der Waals surface area contributed by atoms with Gasteiger partial charge < -0.3 is 10.6 Å². The lowest BCUT2D eigenvalue weighted by atomic mass is 10.0. The van der Waals surface area contributed by atoms with Crippen molar-refractivity contribution in [3.05, 3.63) is 65.2 Å². The Balaban J connectivity index is 2.23. The van der Waals surface area contributed by atoms with E-state index < -0.39 is 0 Å². The van der Waals surface area contributed by atoms with E-state index in [1.807, 2.05) is 18.2 Å². The molecule has 0 saturated heterocycles. The maximum absolute atomic E-state index is 7.46. The van der Waals surface area contributed by atoms with Crippen LogP contribution in [-0.2, 0) is 6.54 Å². The van der Waals surface area contributed by atoms with Crippen LogP contribution in [0.15, 0.2) is 48.5 Å². The molecule has 0 bridgehead atoms. The lowest BCUT2D eigenvalue weighted by Gasteiger charge is -2.26. The zero-order valence-corrected chi connectivity index (χ0v) is 12.8. The van der Waals surface area contributed by atoms with E-state index >= 15 is 0 Å². The average molecular weight is 281 g/mol. The van der Waals surface area contributed by atoms with E-state index in [9.17, 15) is 0 Å². The van der Waals surface area contributed by atoms with Crippen molar-refractivity contribution in [3.63, 3.8) is 0 Å². The monoisotopic (exact) mass is 281 g/mol. The largest absolute Gasteiger partial charge is 0.388 e. The van der Waals surface area contributed by atoms with Crippen LogP contribution in [0.1, 0.15) is 23.1 Å². The third-order valence-corrected chi connectivity index (χ3v) is 3.64. The molecule has 21 heavy (non-hydrogen) atoms. The van der Waals surface area contributed by atoms with Crippen LogP contribution in [0.2, 0.25) is 0 Å². The molecule has 0 fully saturated rings. The lowest BCUT2D eigenvalue weighted by Crippen LogP contribution is -2.27. The van der Waals surface area contributed by atoms with Crippen molar-refractivity contribution in [2.75, 3.05) is 11.4 Å². The molecule has 110 valence electrons. The van der Waals surface area contributed by atoms with E-state index in [1.165, 1.54) is 22.4 Å². The Bertz CT molecular complexity index is 605. The standard InChI is InChI=1S/C18H23N3/c1-14-8-9-15(2)16(12-14)13-21(11-10-18(19)20)17-6-4-3-5-7-17/h3-9,12H,10-11,13H2,1-2H3,(H3,19,20). The fourth-order valence-electron chi connectivity index (χ4n) is 2.37. The Morgan fingerprint density at radius 3 is 2.48 bits per heavy atom. The number of benzene rings is 2. The quantitative estimate of drug-likeness (QED) is 0.627. The molecule has 0 aliphatic rings. The number of anilines is 1. The van der Waals surface area contributed by atoms with Crippen LogP contribution < -0.4 is 10.6 Å². The zero-order chi connectivity index (χ0) is 15.2. The molecule has 2 rings (SSSR count). The molecular weight excluding hydrogens is 258 g/mol. The van der Waals surface area contributed by atoms with Crippen molar-refractivity contribution in [2.45, 2.75) is 26.8 Å². The minimum atomic E-state index is 0.233. The maximum atomic E-state index is 7.46. The van der Waals surface area contributed by atoms with Crippen molar-refractivity contribution in [2.24, 2.45) is 5.73 Å². The van der Waals surface area contributed by atoms with Gasteiger partial charge in [0.05, 0.1) is 5.84 Å². The number of nitrogens with zero attached hydrogens (tertiary/aromatic N) is 1. The van der Waals surface area contributed by atoms with Crippen molar-refractivity contribution in [1.29, 1.82) is 5.41 Å². The SMILES string of the molecule is Cc1ccc(C)c(CN(CCC(=N)N)c2ccccc2)c1. The predicted molar refractivity (Wildman–Crippen MR) is 89.9 cm³/mol. The Kier molecular flexibility index (Phi) is 4.99. The van der Waals surface area contributed by atoms with Crippen LogP contribution in [0, 0.1) is 19.3 Å². The molecule has 0 aliphatic carbocycles. The molecule has 2 aromatic carbocycles. The third kappa shape index (κ3) is 4.35. The first kappa shape index (κ1) is 15.1. The van der Waals surface area contributed by atoms with Gasteiger partial charge in [-0.25, -0.2) is 0 Å². The Hall–Kier alpha value is -2.29. The van der Waals surface area contributed by atoms with Gasteiger partial charge in [-0.3, -0.25) is 5.41 Å². The average Bonchev–Trinajstić information content (AvgIpc) is 2.47. The summed E-state index contributed by atoms with van der Waals surface area (Å²) < 4.78 is 0. The number of rotatable bonds is 6. The molecule has 0 atom stereocenters. The summed E-state index contributed by atoms with van der Waals surface area (Å²) in [5.74, 6) is 0.233. The van der Waals surface area contributed by atoms with Crippen LogP contribution in [0.25, 0.3) is 0 Å². The van der Waals surface area contributed by atoms with Gasteiger partial charge in [-0.15, -0.1) is 0 Å². The Labute approximate surface area is 126 Å². The van der Waals surface area contributed by atoms with E-state index in [-0.39, 0.29) is 5.84 Å². The second kappa shape index (κ2) is 6.93. The number of hydrogen-bond acceptors (Lipinski definition) is 2. The predicted octanol–water partition coefficient (Wildman–Crippen LogP) is 3.64. The Morgan fingerprint density at radius 1 is 1.10 bits per heavy atom. The smallest absolute Gasteiger partial charge is 0.0923 e. The van der Waals surface area contributed by atoms with Gasteiger partial charge in [0.15, 0.2) is 0 Å². The van der Waals surface area contributed by atoms with E-state index in [1.54, 1.807) is 0 Å². The maximum Gasteiger partial charge on any atom is 0.0923 e. The van der Waals surface area contributed by atoms with E-state index in [0.717, 1.165) is 13.1 Å². The number of nitrogens with one attached hydrogen (secondary N) is 1. The lowest BCUT2D eigenvalue weighted by molar-refractivity contribution is 0.797. The first-order valence-corrected chi connectivity index (χ1v) is 7.25. The van der Waals surface area contributed by atoms with Crippen LogP contribution in [0.3, 0.4) is 0 Å². The first-order valence-electron chi connectivity index (χ1n) is 7.25. The number of para-hydroxylation sites is 1. The summed E-state index contributed by atoms with van der Waals surface area (Å²) in [5.41, 5.74) is 10.6. The highest BCUT2D eigenvalue weighted by atomic mass is 15.1. The molecule has 0 saturated carbocycles. The van der Waals surface area contributed by atoms with Gasteiger partial charge in [-0.05, 0) is 37.1 Å². The first-order chi connectivity index (χ1) is 10.1. The molecule has 0 unspecified atom stereocenters. The molecule has 0 amide bonds. The van der Waals surface area contributed by atoms with Gasteiger partial charge in [-0.2, -0.15) is 0 Å². The highest BCUT2D eigenvalue weighted by Gasteiger charge is 2.09. The van der Waals surface area contributed by atoms with E-state index in [0.29, 0.717) is 6.42 Å². The molecule has 0 aliphatic heterocycles. The number of nitrogens with two attached hydrogens (primary N) is 1. The second-order valence-electron chi connectivity index (χ2n) is 5.46. The van der Waals surface area contributed by atoms with Gasteiger partial charge >= 0.3 is 0 Å². The van der Waals surface area contributed by atoms with Crippen LogP contribution in [0.4, 0.5) is 5.69 Å². The van der Waals surface area contributed by atoms with Gasteiger partial charge in [0, 0.05) is 25.2 Å². The Morgan fingerprint density at radius 2 is 1.81 bits per heavy atom. The van der Waals surface area contributed by atoms with E-state index in [2.05, 4.69) is 49.1 Å². The van der Waals surface area contributed by atoms with Crippen LogP contribution in [-0.4, -0.2) is 12.4 Å². The molecule has 3 nitrogen and oxygen atoms in total. The van der Waals surface area contributed by atoms with Crippen molar-refractivity contribution >= 4 is 11.5 Å². The highest BCUT2D eigenvalue weighted by molar-refractivity contribution is 5.77. The van der Waals surface area contributed by atoms with Crippen LogP contribution >= 0.6 is 0 Å². The summed E-state index contributed by atoms with van der Waals surface area (Å²) in [6.45, 7) is 5.85. The third-order valence-electron chi connectivity index (χ3n) is 3.64. The van der Waals surface area contributed by atoms with Gasteiger partial charge in [0.2, 0.25) is 0 Å². The summed E-state index contributed by atoms with van der Waals surface area (Å²) in [6.07, 6.45) is 0.583. The van der Waals surface area contributed by atoms with Crippen molar-refractivity contribution in [3.8, 4) is 0 Å². The fraction of sp³-hybridized carbons (Fsp3) is 0.278. The number of hydrogen-bond donors (Lipinski definition) is 2. The van der Waals surface area contributed by atoms with Gasteiger partial charge in [-0.1, -0.05) is 42.0 Å². The normalized spacial score (nSPS) is 10.4. The highest BCUT2D eigenvalue weighted by Crippen LogP contribution is 2.19. The number of amidine groups is 1. The summed E-state index contributed by atoms with van der Waals surface area (Å²) in [5, 5.41) is 7.46.